The van der Waals surface area contributed by atoms with E-state index in [9.17, 15) is 14.3 Å². The summed E-state index contributed by atoms with van der Waals surface area (Å²) in [6.45, 7) is 3.41. The van der Waals surface area contributed by atoms with Crippen molar-refractivity contribution in [3.05, 3.63) is 111 Å². The summed E-state index contributed by atoms with van der Waals surface area (Å²) in [6, 6.07) is 27.3. The summed E-state index contributed by atoms with van der Waals surface area (Å²) in [5.74, 6) is 0.440. The molecule has 0 spiro atoms. The van der Waals surface area contributed by atoms with Crippen molar-refractivity contribution >= 4 is 63.1 Å². The molecule has 9 heteroatoms. The second kappa shape index (κ2) is 15.4. The van der Waals surface area contributed by atoms with Gasteiger partial charge < -0.3 is 9.80 Å². The summed E-state index contributed by atoms with van der Waals surface area (Å²) in [5.41, 5.74) is 3.37. The van der Waals surface area contributed by atoms with Gasteiger partial charge in [-0.3, -0.25) is 9.00 Å². The molecule has 0 aromatic heterocycles. The molecule has 0 radical (unpaired) electrons. The maximum Gasteiger partial charge on any atom is 0.254 e. The van der Waals surface area contributed by atoms with E-state index in [1.807, 2.05) is 67.7 Å². The van der Waals surface area contributed by atoms with Crippen LogP contribution in [-0.2, 0) is 10.8 Å². The normalized spacial score (nSPS) is 15.2. The number of carbonyl (C=O) groups excluding carboxylic acids is 1. The van der Waals surface area contributed by atoms with Crippen LogP contribution in [0.4, 0.5) is 0 Å². The van der Waals surface area contributed by atoms with Crippen LogP contribution in [0, 0.1) is 11.3 Å². The molecule has 1 fully saturated rings. The van der Waals surface area contributed by atoms with Crippen LogP contribution in [0.1, 0.15) is 58.1 Å². The van der Waals surface area contributed by atoms with Gasteiger partial charge in [-0.1, -0.05) is 65.7 Å². The van der Waals surface area contributed by atoms with Gasteiger partial charge in [0.15, 0.2) is 0 Å². The van der Waals surface area contributed by atoms with E-state index in [0.29, 0.717) is 33.6 Å². The molecule has 5 nitrogen and oxygen atoms in total. The number of likely N-dealkylation sites (N-methyl/N-ethyl adjacent to an activating group) is 1. The number of fused-ring (bicyclic) bond motifs is 1. The van der Waals surface area contributed by atoms with Crippen molar-refractivity contribution in [3.63, 3.8) is 0 Å². The van der Waals surface area contributed by atoms with Gasteiger partial charge in [0.05, 0.1) is 21.7 Å². The second-order valence-electron chi connectivity index (χ2n) is 11.3. The van der Waals surface area contributed by atoms with Crippen molar-refractivity contribution in [1.29, 1.82) is 5.26 Å². The van der Waals surface area contributed by atoms with Gasteiger partial charge >= 0.3 is 0 Å². The lowest BCUT2D eigenvalue weighted by atomic mass is 9.89. The first-order chi connectivity index (χ1) is 20.7. The number of nitrogens with zero attached hydrogens (tertiary/aromatic N) is 3. The zero-order valence-corrected chi connectivity index (χ0v) is 28.0. The average molecular weight is 669 g/mol. The highest BCUT2D eigenvalue weighted by atomic mass is 35.5. The highest BCUT2D eigenvalue weighted by Gasteiger charge is 2.25. The monoisotopic (exact) mass is 667 g/mol. The van der Waals surface area contributed by atoms with Gasteiger partial charge in [-0.15, -0.1) is 12.4 Å². The lowest BCUT2D eigenvalue weighted by molar-refractivity contribution is 0.0783. The minimum atomic E-state index is -0.962. The van der Waals surface area contributed by atoms with E-state index in [1.165, 1.54) is 5.56 Å². The molecule has 1 heterocycles. The van der Waals surface area contributed by atoms with Gasteiger partial charge in [0.1, 0.15) is 0 Å². The Morgan fingerprint density at radius 3 is 2.39 bits per heavy atom. The minimum Gasteiger partial charge on any atom is -0.341 e. The molecule has 1 saturated heterocycles. The molecule has 2 atom stereocenters. The lowest BCUT2D eigenvalue weighted by Crippen LogP contribution is -2.36. The zero-order chi connectivity index (χ0) is 30.5. The third kappa shape index (κ3) is 8.02. The molecule has 0 saturated carbocycles. The summed E-state index contributed by atoms with van der Waals surface area (Å²) in [7, 11) is 0.863. The predicted molar refractivity (Wildman–Crippen MR) is 184 cm³/mol. The summed E-state index contributed by atoms with van der Waals surface area (Å²) in [5, 5.41) is 12.3. The number of halogens is 3. The number of nitriles is 1. The number of piperidine rings is 1. The Bertz CT molecular complexity index is 1680. The van der Waals surface area contributed by atoms with Crippen molar-refractivity contribution < 1.29 is 9.00 Å². The third-order valence-electron chi connectivity index (χ3n) is 8.54. The number of rotatable bonds is 9. The highest BCUT2D eigenvalue weighted by Crippen LogP contribution is 2.32. The standard InChI is InChI=1S/C35H35Cl2N3O2S.ClH/c1-39(35(41)32-20-24(22-38)19-28-5-3-4-6-31(28)32)23-29(27-9-12-33(36)34(37)21-27)15-18-40-16-13-26(14-17-40)25-7-10-30(11-8-25)43(2)42;/h3-12,19-21,26,29H,13-18,23H2,1-2H3;1H/t29-,43?;/m1./s1. The summed E-state index contributed by atoms with van der Waals surface area (Å²) in [4.78, 5) is 18.9. The average Bonchev–Trinajstić information content (AvgIpc) is 3.03. The van der Waals surface area contributed by atoms with Crippen LogP contribution in [0.25, 0.3) is 10.8 Å². The van der Waals surface area contributed by atoms with Crippen molar-refractivity contribution in [1.82, 2.24) is 9.80 Å². The van der Waals surface area contributed by atoms with E-state index >= 15 is 0 Å². The second-order valence-corrected chi connectivity index (χ2v) is 13.5. The Morgan fingerprint density at radius 1 is 1.02 bits per heavy atom. The third-order valence-corrected chi connectivity index (χ3v) is 10.2. The molecule has 0 N–H and O–H groups in total. The first-order valence-corrected chi connectivity index (χ1v) is 16.8. The van der Waals surface area contributed by atoms with Gasteiger partial charge in [0, 0.05) is 47.0 Å². The van der Waals surface area contributed by atoms with E-state index in [0.717, 1.165) is 60.1 Å². The van der Waals surface area contributed by atoms with Crippen LogP contribution >= 0.6 is 35.6 Å². The predicted octanol–water partition coefficient (Wildman–Crippen LogP) is 8.30. The van der Waals surface area contributed by atoms with Crippen molar-refractivity contribution in [2.24, 2.45) is 0 Å². The maximum absolute atomic E-state index is 13.8. The SMILES string of the molecule is CN(C[C@@H](CCN1CCC(c2ccc(S(C)=O)cc2)CC1)c1ccc(Cl)c(Cl)c1)C(=O)c1cc(C#N)cc2ccccc12.Cl. The van der Waals surface area contributed by atoms with Gasteiger partial charge in [-0.2, -0.15) is 5.26 Å². The number of carbonyl (C=O) groups is 1. The van der Waals surface area contributed by atoms with Crippen LogP contribution in [0.5, 0.6) is 0 Å². The Kier molecular flexibility index (Phi) is 11.9. The molecular formula is C35H36Cl3N3O2S. The first kappa shape index (κ1) is 34.0. The number of hydrogen-bond acceptors (Lipinski definition) is 4. The summed E-state index contributed by atoms with van der Waals surface area (Å²) in [6.07, 6.45) is 4.72. The molecule has 0 bridgehead atoms. The first-order valence-electron chi connectivity index (χ1n) is 14.5. The maximum atomic E-state index is 13.8. The van der Waals surface area contributed by atoms with Gasteiger partial charge in [-0.25, -0.2) is 0 Å². The molecule has 1 aliphatic rings. The number of hydrogen-bond donors (Lipinski definition) is 0. The van der Waals surface area contributed by atoms with Crippen molar-refractivity contribution in [3.8, 4) is 6.07 Å². The molecule has 1 unspecified atom stereocenters. The van der Waals surface area contributed by atoms with Gasteiger partial charge in [-0.05, 0) is 103 Å². The van der Waals surface area contributed by atoms with Crippen LogP contribution in [0.3, 0.4) is 0 Å². The molecule has 44 heavy (non-hydrogen) atoms. The van der Waals surface area contributed by atoms with Crippen molar-refractivity contribution in [2.45, 2.75) is 36.0 Å². The molecule has 5 rings (SSSR count). The number of likely N-dealkylation sites (tertiary alicyclic amines) is 1. The Morgan fingerprint density at radius 2 is 1.73 bits per heavy atom. The molecule has 1 amide bonds. The smallest absolute Gasteiger partial charge is 0.254 e. The lowest BCUT2D eigenvalue weighted by Gasteiger charge is -2.34. The van der Waals surface area contributed by atoms with Crippen LogP contribution in [-0.4, -0.2) is 59.4 Å². The summed E-state index contributed by atoms with van der Waals surface area (Å²) < 4.78 is 11.8. The minimum absolute atomic E-state index is 0. The van der Waals surface area contributed by atoms with Crippen LogP contribution in [0.15, 0.2) is 83.8 Å². The van der Waals surface area contributed by atoms with Gasteiger partial charge in [0.2, 0.25) is 0 Å². The molecular weight excluding hydrogens is 633 g/mol. The zero-order valence-electron chi connectivity index (χ0n) is 24.8. The highest BCUT2D eigenvalue weighted by molar-refractivity contribution is 7.84. The fraction of sp³-hybridized carbons (Fsp3) is 0.314. The number of benzene rings is 4. The molecule has 4 aromatic carbocycles. The largest absolute Gasteiger partial charge is 0.341 e. The quantitative estimate of drug-likeness (QED) is 0.180. The Hall–Kier alpha value is -2.92. The molecule has 0 aliphatic carbocycles. The fourth-order valence-corrected chi connectivity index (χ4v) is 6.89. The van der Waals surface area contributed by atoms with E-state index in [2.05, 4.69) is 23.1 Å². The van der Waals surface area contributed by atoms with E-state index in [1.54, 1.807) is 17.2 Å². The van der Waals surface area contributed by atoms with Gasteiger partial charge in [0.25, 0.3) is 5.91 Å². The van der Waals surface area contributed by atoms with Crippen LogP contribution in [0.2, 0.25) is 10.0 Å². The molecule has 230 valence electrons. The van der Waals surface area contributed by atoms with E-state index < -0.39 is 10.8 Å². The molecule has 4 aromatic rings. The molecule has 1 aliphatic heterocycles. The fourth-order valence-electron chi connectivity index (χ4n) is 6.06. The van der Waals surface area contributed by atoms with E-state index in [4.69, 9.17) is 23.2 Å². The van der Waals surface area contributed by atoms with E-state index in [-0.39, 0.29) is 24.2 Å². The Balaban J connectivity index is 0.00000442. The number of amides is 1. The Labute approximate surface area is 278 Å². The topological polar surface area (TPSA) is 64.4 Å². The van der Waals surface area contributed by atoms with Crippen molar-refractivity contribution in [2.75, 3.05) is 39.5 Å². The summed E-state index contributed by atoms with van der Waals surface area (Å²) >= 11 is 12.7. The van der Waals surface area contributed by atoms with Crippen LogP contribution < -0.4 is 0 Å².